The third-order valence-corrected chi connectivity index (χ3v) is 3.11. The zero-order chi connectivity index (χ0) is 9.68. The van der Waals surface area contributed by atoms with Gasteiger partial charge in [-0.3, -0.25) is 0 Å². The summed E-state index contributed by atoms with van der Waals surface area (Å²) in [5.74, 6) is 2.09. The third-order valence-electron chi connectivity index (χ3n) is 2.00. The lowest BCUT2D eigenvalue weighted by Crippen LogP contribution is -1.89. The fraction of sp³-hybridized carbons (Fsp3) is 0.455. The van der Waals surface area contributed by atoms with E-state index in [-0.39, 0.29) is 0 Å². The number of thioether (sulfide) groups is 1. The van der Waals surface area contributed by atoms with Crippen molar-refractivity contribution < 1.29 is 4.74 Å². The molecule has 0 aliphatic rings. The lowest BCUT2D eigenvalue weighted by molar-refractivity contribution is 0.414. The Labute approximate surface area is 84.5 Å². The van der Waals surface area contributed by atoms with Crippen LogP contribution in [0.25, 0.3) is 0 Å². The molecule has 1 rings (SSSR count). The molecule has 1 aromatic carbocycles. The van der Waals surface area contributed by atoms with Gasteiger partial charge in [-0.05, 0) is 30.4 Å². The third kappa shape index (κ3) is 2.96. The van der Waals surface area contributed by atoms with E-state index in [1.165, 1.54) is 5.56 Å². The smallest absolute Gasteiger partial charge is 0.118 e. The van der Waals surface area contributed by atoms with E-state index in [1.54, 1.807) is 7.11 Å². The van der Waals surface area contributed by atoms with Gasteiger partial charge in [-0.15, -0.1) is 0 Å². The van der Waals surface area contributed by atoms with Crippen molar-refractivity contribution in [3.05, 3.63) is 29.8 Å². The van der Waals surface area contributed by atoms with Crippen LogP contribution in [0.5, 0.6) is 5.75 Å². The monoisotopic (exact) mass is 196 g/mol. The Balaban J connectivity index is 2.67. The van der Waals surface area contributed by atoms with Gasteiger partial charge in [0.2, 0.25) is 0 Å². The molecule has 0 amide bonds. The van der Waals surface area contributed by atoms with Gasteiger partial charge in [-0.2, -0.15) is 11.8 Å². The fourth-order valence-electron chi connectivity index (χ4n) is 1.22. The van der Waals surface area contributed by atoms with Crippen molar-refractivity contribution in [1.82, 2.24) is 0 Å². The van der Waals surface area contributed by atoms with Crippen LogP contribution in [0.4, 0.5) is 0 Å². The normalized spacial score (nSPS) is 12.5. The van der Waals surface area contributed by atoms with Crippen LogP contribution >= 0.6 is 11.8 Å². The number of hydrogen-bond acceptors (Lipinski definition) is 2. The van der Waals surface area contributed by atoms with E-state index in [2.05, 4.69) is 26.0 Å². The predicted octanol–water partition coefficient (Wildman–Crippen LogP) is 3.51. The molecule has 0 spiro atoms. The number of ether oxygens (including phenoxy) is 1. The summed E-state index contributed by atoms with van der Waals surface area (Å²) in [6.45, 7) is 4.42. The van der Waals surface area contributed by atoms with Gasteiger partial charge in [0, 0.05) is 5.25 Å². The first-order valence-electron chi connectivity index (χ1n) is 4.53. The predicted molar refractivity (Wildman–Crippen MR) is 59.5 cm³/mol. The van der Waals surface area contributed by atoms with Gasteiger partial charge in [0.1, 0.15) is 5.75 Å². The molecular weight excluding hydrogens is 180 g/mol. The van der Waals surface area contributed by atoms with Crippen LogP contribution in [0.3, 0.4) is 0 Å². The van der Waals surface area contributed by atoms with Crippen LogP contribution in [0, 0.1) is 0 Å². The molecule has 13 heavy (non-hydrogen) atoms. The number of benzene rings is 1. The van der Waals surface area contributed by atoms with Crippen LogP contribution in [-0.2, 0) is 0 Å². The van der Waals surface area contributed by atoms with Gasteiger partial charge in [0.05, 0.1) is 7.11 Å². The maximum Gasteiger partial charge on any atom is 0.118 e. The van der Waals surface area contributed by atoms with Gasteiger partial charge in [-0.1, -0.05) is 19.1 Å². The average Bonchev–Trinajstić information content (AvgIpc) is 2.18. The molecule has 0 aliphatic heterocycles. The topological polar surface area (TPSA) is 9.23 Å². The molecule has 0 bridgehead atoms. The van der Waals surface area contributed by atoms with Crippen molar-refractivity contribution in [1.29, 1.82) is 0 Å². The van der Waals surface area contributed by atoms with E-state index >= 15 is 0 Å². The molecule has 0 aromatic heterocycles. The lowest BCUT2D eigenvalue weighted by Gasteiger charge is -2.10. The quantitative estimate of drug-likeness (QED) is 0.728. The summed E-state index contributed by atoms with van der Waals surface area (Å²) in [7, 11) is 1.69. The van der Waals surface area contributed by atoms with E-state index in [0.29, 0.717) is 5.25 Å². The number of hydrogen-bond donors (Lipinski definition) is 0. The van der Waals surface area contributed by atoms with Gasteiger partial charge in [-0.25, -0.2) is 0 Å². The molecule has 0 saturated heterocycles. The van der Waals surface area contributed by atoms with Crippen LogP contribution in [-0.4, -0.2) is 12.9 Å². The molecule has 0 radical (unpaired) electrons. The second-order valence-electron chi connectivity index (χ2n) is 2.87. The molecule has 0 fully saturated rings. The van der Waals surface area contributed by atoms with Crippen LogP contribution in [0.2, 0.25) is 0 Å². The molecular formula is C11H16OS. The maximum atomic E-state index is 5.10. The first-order chi connectivity index (χ1) is 6.27. The molecule has 0 heterocycles. The SMILES string of the molecule is CCS[C@@H](C)c1ccc(OC)cc1. The van der Waals surface area contributed by atoms with E-state index in [9.17, 15) is 0 Å². The zero-order valence-electron chi connectivity index (χ0n) is 8.41. The van der Waals surface area contributed by atoms with Crippen molar-refractivity contribution in [3.8, 4) is 5.75 Å². The summed E-state index contributed by atoms with van der Waals surface area (Å²) in [5.41, 5.74) is 1.37. The van der Waals surface area contributed by atoms with Crippen molar-refractivity contribution >= 4 is 11.8 Å². The summed E-state index contributed by atoms with van der Waals surface area (Å²) in [5, 5.41) is 0.580. The highest BCUT2D eigenvalue weighted by Crippen LogP contribution is 2.28. The summed E-state index contributed by atoms with van der Waals surface area (Å²) in [6, 6.07) is 8.29. The van der Waals surface area contributed by atoms with E-state index < -0.39 is 0 Å². The molecule has 0 unspecified atom stereocenters. The highest BCUT2D eigenvalue weighted by Gasteiger charge is 2.03. The Kier molecular flexibility index (Phi) is 4.16. The Bertz CT molecular complexity index is 243. The molecule has 1 atom stereocenters. The van der Waals surface area contributed by atoms with Gasteiger partial charge in [0.25, 0.3) is 0 Å². The van der Waals surface area contributed by atoms with Crippen LogP contribution < -0.4 is 4.74 Å². The molecule has 1 nitrogen and oxygen atoms in total. The first-order valence-corrected chi connectivity index (χ1v) is 5.58. The van der Waals surface area contributed by atoms with E-state index in [1.807, 2.05) is 23.9 Å². The summed E-state index contributed by atoms with van der Waals surface area (Å²) >= 11 is 1.96. The Morgan fingerprint density at radius 1 is 1.31 bits per heavy atom. The highest BCUT2D eigenvalue weighted by atomic mass is 32.2. The minimum absolute atomic E-state index is 0.580. The minimum Gasteiger partial charge on any atom is -0.497 e. The maximum absolute atomic E-state index is 5.10. The van der Waals surface area contributed by atoms with Gasteiger partial charge < -0.3 is 4.74 Å². The second-order valence-corrected chi connectivity index (χ2v) is 4.49. The molecule has 2 heteroatoms. The summed E-state index contributed by atoms with van der Waals surface area (Å²) in [4.78, 5) is 0. The zero-order valence-corrected chi connectivity index (χ0v) is 9.23. The Morgan fingerprint density at radius 3 is 2.38 bits per heavy atom. The van der Waals surface area contributed by atoms with Crippen molar-refractivity contribution in [2.75, 3.05) is 12.9 Å². The van der Waals surface area contributed by atoms with Crippen molar-refractivity contribution in [3.63, 3.8) is 0 Å². The van der Waals surface area contributed by atoms with Crippen LogP contribution in [0.15, 0.2) is 24.3 Å². The molecule has 0 N–H and O–H groups in total. The van der Waals surface area contributed by atoms with Gasteiger partial charge in [0.15, 0.2) is 0 Å². The standard InChI is InChI=1S/C11H16OS/c1-4-13-9(2)10-5-7-11(12-3)8-6-10/h5-9H,4H2,1-3H3/t9-/m0/s1. The second kappa shape index (κ2) is 5.18. The molecule has 0 saturated carbocycles. The number of rotatable bonds is 4. The summed E-state index contributed by atoms with van der Waals surface area (Å²) in [6.07, 6.45) is 0. The first kappa shape index (κ1) is 10.5. The highest BCUT2D eigenvalue weighted by molar-refractivity contribution is 7.99. The molecule has 0 aliphatic carbocycles. The fourth-order valence-corrected chi connectivity index (χ4v) is 2.07. The molecule has 72 valence electrons. The summed E-state index contributed by atoms with van der Waals surface area (Å²) < 4.78 is 5.10. The Hall–Kier alpha value is -0.630. The Morgan fingerprint density at radius 2 is 1.92 bits per heavy atom. The molecule has 1 aromatic rings. The van der Waals surface area contributed by atoms with Crippen LogP contribution in [0.1, 0.15) is 24.7 Å². The van der Waals surface area contributed by atoms with Crippen molar-refractivity contribution in [2.24, 2.45) is 0 Å². The van der Waals surface area contributed by atoms with Gasteiger partial charge >= 0.3 is 0 Å². The number of methoxy groups -OCH3 is 1. The van der Waals surface area contributed by atoms with Crippen molar-refractivity contribution in [2.45, 2.75) is 19.1 Å². The van der Waals surface area contributed by atoms with E-state index in [4.69, 9.17) is 4.74 Å². The largest absolute Gasteiger partial charge is 0.497 e. The average molecular weight is 196 g/mol. The lowest BCUT2D eigenvalue weighted by atomic mass is 10.2. The minimum atomic E-state index is 0.580. The van der Waals surface area contributed by atoms with E-state index in [0.717, 1.165) is 11.5 Å².